The minimum atomic E-state index is 0.331. The van der Waals surface area contributed by atoms with Crippen LogP contribution >= 0.6 is 0 Å². The molecule has 0 aromatic carbocycles. The molecule has 0 radical (unpaired) electrons. The molecule has 2 aromatic rings. The van der Waals surface area contributed by atoms with E-state index in [2.05, 4.69) is 15.5 Å². The molecule has 2 aromatic heterocycles. The van der Waals surface area contributed by atoms with E-state index in [1.165, 1.54) is 0 Å². The summed E-state index contributed by atoms with van der Waals surface area (Å²) in [7, 11) is 0. The fourth-order valence-electron chi connectivity index (χ4n) is 1.52. The Balaban J connectivity index is 2.05. The Labute approximate surface area is 93.1 Å². The van der Waals surface area contributed by atoms with Crippen LogP contribution in [-0.4, -0.2) is 10.2 Å². The predicted molar refractivity (Wildman–Crippen MR) is 58.8 cm³/mol. The molecule has 2 N–H and O–H groups in total. The molecule has 0 saturated heterocycles. The van der Waals surface area contributed by atoms with E-state index in [0.29, 0.717) is 12.3 Å². The van der Waals surface area contributed by atoms with E-state index in [-0.39, 0.29) is 0 Å². The van der Waals surface area contributed by atoms with Gasteiger partial charge in [0.2, 0.25) is 5.76 Å². The normalized spacial score (nSPS) is 10.1. The van der Waals surface area contributed by atoms with E-state index >= 15 is 0 Å². The number of H-pyrrole nitrogens is 1. The van der Waals surface area contributed by atoms with Gasteiger partial charge in [0.15, 0.2) is 0 Å². The second-order valence-corrected chi connectivity index (χ2v) is 3.54. The van der Waals surface area contributed by atoms with Crippen molar-refractivity contribution in [2.75, 3.05) is 5.32 Å². The first-order valence-corrected chi connectivity index (χ1v) is 4.95. The first-order chi connectivity index (χ1) is 7.70. The minimum Gasteiger partial charge on any atom is -0.449 e. The Morgan fingerprint density at radius 3 is 2.88 bits per heavy atom. The Morgan fingerprint density at radius 1 is 1.50 bits per heavy atom. The maximum absolute atomic E-state index is 8.61. The summed E-state index contributed by atoms with van der Waals surface area (Å²) in [5, 5.41) is 18.8. The number of aromatic amines is 1. The number of nitrogens with one attached hydrogen (secondary N) is 2. The summed E-state index contributed by atoms with van der Waals surface area (Å²) in [6, 6.07) is 5.40. The number of anilines is 1. The SMILES string of the molecule is Cc1n[nH]c(C)c1NCc1ccc(C#N)o1. The molecule has 0 aliphatic heterocycles. The summed E-state index contributed by atoms with van der Waals surface area (Å²) in [6.07, 6.45) is 0. The first-order valence-electron chi connectivity index (χ1n) is 4.95. The molecule has 5 nitrogen and oxygen atoms in total. The summed E-state index contributed by atoms with van der Waals surface area (Å²) in [4.78, 5) is 0. The molecule has 0 fully saturated rings. The molecule has 0 bridgehead atoms. The van der Waals surface area contributed by atoms with Crippen molar-refractivity contribution < 1.29 is 4.42 Å². The van der Waals surface area contributed by atoms with Gasteiger partial charge in [0.1, 0.15) is 11.8 Å². The molecule has 0 unspecified atom stereocenters. The van der Waals surface area contributed by atoms with Gasteiger partial charge in [0.05, 0.1) is 23.6 Å². The Kier molecular flexibility index (Phi) is 2.64. The van der Waals surface area contributed by atoms with E-state index in [1.54, 1.807) is 12.1 Å². The highest BCUT2D eigenvalue weighted by molar-refractivity contribution is 5.51. The largest absolute Gasteiger partial charge is 0.449 e. The highest BCUT2D eigenvalue weighted by Gasteiger charge is 2.06. The van der Waals surface area contributed by atoms with E-state index in [9.17, 15) is 0 Å². The van der Waals surface area contributed by atoms with Crippen LogP contribution in [0.1, 0.15) is 22.9 Å². The summed E-state index contributed by atoms with van der Waals surface area (Å²) < 4.78 is 5.26. The van der Waals surface area contributed by atoms with Crippen LogP contribution in [0.4, 0.5) is 5.69 Å². The molecule has 2 heterocycles. The Morgan fingerprint density at radius 2 is 2.31 bits per heavy atom. The molecule has 82 valence electrons. The number of furan rings is 1. The van der Waals surface area contributed by atoms with Crippen molar-refractivity contribution in [2.45, 2.75) is 20.4 Å². The molecule has 0 spiro atoms. The standard InChI is InChI=1S/C11H12N4O/c1-7-11(8(2)15-14-7)13-6-10-4-3-9(5-12)16-10/h3-4,13H,6H2,1-2H3,(H,14,15). The smallest absolute Gasteiger partial charge is 0.203 e. The first kappa shape index (κ1) is 10.3. The lowest BCUT2D eigenvalue weighted by Crippen LogP contribution is -1.99. The van der Waals surface area contributed by atoms with Crippen molar-refractivity contribution in [3.8, 4) is 6.07 Å². The van der Waals surface area contributed by atoms with Crippen molar-refractivity contribution in [3.05, 3.63) is 35.0 Å². The van der Waals surface area contributed by atoms with Gasteiger partial charge in [-0.3, -0.25) is 5.10 Å². The number of aromatic nitrogens is 2. The number of hydrogen-bond acceptors (Lipinski definition) is 4. The van der Waals surface area contributed by atoms with E-state index in [4.69, 9.17) is 9.68 Å². The fourth-order valence-corrected chi connectivity index (χ4v) is 1.52. The van der Waals surface area contributed by atoms with Crippen LogP contribution in [0, 0.1) is 25.2 Å². The Hall–Kier alpha value is -2.22. The van der Waals surface area contributed by atoms with Gasteiger partial charge in [-0.05, 0) is 26.0 Å². The van der Waals surface area contributed by atoms with Crippen molar-refractivity contribution in [1.29, 1.82) is 5.26 Å². The lowest BCUT2D eigenvalue weighted by molar-refractivity contribution is 0.506. The molecule has 0 atom stereocenters. The van der Waals surface area contributed by atoms with Gasteiger partial charge in [-0.25, -0.2) is 0 Å². The molecule has 0 amide bonds. The van der Waals surface area contributed by atoms with Crippen molar-refractivity contribution in [1.82, 2.24) is 10.2 Å². The summed E-state index contributed by atoms with van der Waals surface area (Å²) >= 11 is 0. The highest BCUT2D eigenvalue weighted by Crippen LogP contribution is 2.17. The Bertz CT molecular complexity index is 513. The van der Waals surface area contributed by atoms with Crippen molar-refractivity contribution in [3.63, 3.8) is 0 Å². The summed E-state index contributed by atoms with van der Waals surface area (Å²) in [5.41, 5.74) is 2.89. The van der Waals surface area contributed by atoms with Crippen LogP contribution in [0.5, 0.6) is 0 Å². The van der Waals surface area contributed by atoms with Gasteiger partial charge in [-0.2, -0.15) is 10.4 Å². The third kappa shape index (κ3) is 1.91. The van der Waals surface area contributed by atoms with Gasteiger partial charge in [-0.1, -0.05) is 0 Å². The van der Waals surface area contributed by atoms with E-state index in [0.717, 1.165) is 22.8 Å². The van der Waals surface area contributed by atoms with Crippen LogP contribution in [-0.2, 0) is 6.54 Å². The molecular formula is C11H12N4O. The lowest BCUT2D eigenvalue weighted by Gasteiger charge is -2.03. The molecular weight excluding hydrogens is 204 g/mol. The number of rotatable bonds is 3. The number of nitriles is 1. The van der Waals surface area contributed by atoms with Crippen LogP contribution in [0.25, 0.3) is 0 Å². The van der Waals surface area contributed by atoms with Crippen LogP contribution in [0.15, 0.2) is 16.5 Å². The zero-order chi connectivity index (χ0) is 11.5. The lowest BCUT2D eigenvalue weighted by atomic mass is 10.3. The average Bonchev–Trinajstić information content (AvgIpc) is 2.85. The monoisotopic (exact) mass is 216 g/mol. The summed E-state index contributed by atoms with van der Waals surface area (Å²) in [5.74, 6) is 1.06. The molecule has 5 heteroatoms. The number of aryl methyl sites for hydroxylation is 2. The zero-order valence-corrected chi connectivity index (χ0v) is 9.16. The highest BCUT2D eigenvalue weighted by atomic mass is 16.3. The molecule has 2 rings (SSSR count). The third-order valence-corrected chi connectivity index (χ3v) is 2.34. The fraction of sp³-hybridized carbons (Fsp3) is 0.273. The molecule has 0 aliphatic carbocycles. The van der Waals surface area contributed by atoms with Crippen LogP contribution in [0.2, 0.25) is 0 Å². The molecule has 0 saturated carbocycles. The van der Waals surface area contributed by atoms with Gasteiger partial charge in [0, 0.05) is 0 Å². The number of nitrogens with zero attached hydrogens (tertiary/aromatic N) is 2. The topological polar surface area (TPSA) is 77.6 Å². The second kappa shape index (κ2) is 4.11. The number of hydrogen-bond donors (Lipinski definition) is 2. The molecule has 16 heavy (non-hydrogen) atoms. The van der Waals surface area contributed by atoms with E-state index < -0.39 is 0 Å². The average molecular weight is 216 g/mol. The van der Waals surface area contributed by atoms with Crippen LogP contribution in [0.3, 0.4) is 0 Å². The minimum absolute atomic E-state index is 0.331. The van der Waals surface area contributed by atoms with Gasteiger partial charge in [0.25, 0.3) is 0 Å². The van der Waals surface area contributed by atoms with Crippen molar-refractivity contribution in [2.24, 2.45) is 0 Å². The maximum Gasteiger partial charge on any atom is 0.203 e. The van der Waals surface area contributed by atoms with Gasteiger partial charge < -0.3 is 9.73 Å². The maximum atomic E-state index is 8.61. The van der Waals surface area contributed by atoms with Crippen LogP contribution < -0.4 is 5.32 Å². The van der Waals surface area contributed by atoms with Gasteiger partial charge in [-0.15, -0.1) is 0 Å². The summed E-state index contributed by atoms with van der Waals surface area (Å²) in [6.45, 7) is 4.42. The second-order valence-electron chi connectivity index (χ2n) is 3.54. The molecule has 0 aliphatic rings. The quantitative estimate of drug-likeness (QED) is 0.823. The van der Waals surface area contributed by atoms with E-state index in [1.807, 2.05) is 19.9 Å². The van der Waals surface area contributed by atoms with Crippen molar-refractivity contribution >= 4 is 5.69 Å². The third-order valence-electron chi connectivity index (χ3n) is 2.34. The zero-order valence-electron chi connectivity index (χ0n) is 9.16. The predicted octanol–water partition coefficient (Wildman–Crippen LogP) is 2.10. The van der Waals surface area contributed by atoms with Gasteiger partial charge >= 0.3 is 0 Å².